The summed E-state index contributed by atoms with van der Waals surface area (Å²) in [5.74, 6) is 2.17. The van der Waals surface area contributed by atoms with Crippen molar-refractivity contribution in [2.45, 2.75) is 38.4 Å². The Bertz CT molecular complexity index is 873. The predicted octanol–water partition coefficient (Wildman–Crippen LogP) is 3.31. The number of furan rings is 1. The number of aromatic nitrogens is 2. The molecular weight excluding hydrogens is 324 g/mol. The van der Waals surface area contributed by atoms with Crippen molar-refractivity contribution in [3.63, 3.8) is 0 Å². The lowest BCUT2D eigenvalue weighted by molar-refractivity contribution is 0.172. The van der Waals surface area contributed by atoms with Crippen LogP contribution in [0, 0.1) is 5.41 Å². The summed E-state index contributed by atoms with van der Waals surface area (Å²) in [6.07, 6.45) is 7.80. The second-order valence-corrected chi connectivity index (χ2v) is 7.94. The number of imidazole rings is 1. The highest BCUT2D eigenvalue weighted by molar-refractivity contribution is 5.77. The van der Waals surface area contributed by atoms with Gasteiger partial charge >= 0.3 is 0 Å². The maximum atomic E-state index is 6.12. The fraction of sp³-hybridized carbons (Fsp3) is 0.476. The van der Waals surface area contributed by atoms with Gasteiger partial charge in [0.05, 0.1) is 13.1 Å². The van der Waals surface area contributed by atoms with Crippen molar-refractivity contribution < 1.29 is 4.42 Å². The van der Waals surface area contributed by atoms with Crippen molar-refractivity contribution in [2.24, 2.45) is 12.5 Å². The molecule has 0 radical (unpaired) electrons. The number of fused-ring (bicyclic) bond motifs is 1. The van der Waals surface area contributed by atoms with Crippen LogP contribution in [0.5, 0.6) is 0 Å². The Morgan fingerprint density at radius 3 is 2.88 bits per heavy atom. The van der Waals surface area contributed by atoms with Crippen LogP contribution in [0.15, 0.2) is 47.1 Å². The van der Waals surface area contributed by atoms with Crippen LogP contribution in [0.25, 0.3) is 11.0 Å². The van der Waals surface area contributed by atoms with Crippen LogP contribution in [-0.4, -0.2) is 33.6 Å². The molecule has 3 aromatic rings. The zero-order valence-electron chi connectivity index (χ0n) is 15.3. The van der Waals surface area contributed by atoms with Gasteiger partial charge in [0.2, 0.25) is 0 Å². The summed E-state index contributed by atoms with van der Waals surface area (Å²) in [6, 6.07) is 11.1. The molecule has 0 unspecified atom stereocenters. The van der Waals surface area contributed by atoms with E-state index >= 15 is 0 Å². The standard InChI is InChI=1S/C21H26N4O/c1-24-11-10-23-20(24)15-25(19-13-21(19)6-8-22-9-7-21)14-17-12-16-4-2-3-5-18(16)26-17/h2-5,10-12,19,22H,6-9,13-15H2,1H3/t19-/m0/s1. The van der Waals surface area contributed by atoms with Crippen molar-refractivity contribution in [3.05, 3.63) is 54.3 Å². The number of nitrogens with zero attached hydrogens (tertiary/aromatic N) is 3. The fourth-order valence-corrected chi connectivity index (χ4v) is 4.63. The van der Waals surface area contributed by atoms with E-state index in [9.17, 15) is 0 Å². The van der Waals surface area contributed by atoms with Gasteiger partial charge in [-0.2, -0.15) is 0 Å². The summed E-state index contributed by atoms with van der Waals surface area (Å²) < 4.78 is 8.25. The molecule has 1 N–H and O–H groups in total. The highest BCUT2D eigenvalue weighted by atomic mass is 16.3. The van der Waals surface area contributed by atoms with Gasteiger partial charge < -0.3 is 14.3 Å². The quantitative estimate of drug-likeness (QED) is 0.767. The second kappa shape index (κ2) is 6.25. The molecule has 1 saturated heterocycles. The molecule has 2 fully saturated rings. The highest BCUT2D eigenvalue weighted by Crippen LogP contribution is 2.56. The number of aryl methyl sites for hydroxylation is 1. The van der Waals surface area contributed by atoms with E-state index in [0.29, 0.717) is 11.5 Å². The molecule has 1 aliphatic heterocycles. The maximum absolute atomic E-state index is 6.12. The van der Waals surface area contributed by atoms with Crippen molar-refractivity contribution in [3.8, 4) is 0 Å². The van der Waals surface area contributed by atoms with Crippen molar-refractivity contribution in [1.29, 1.82) is 0 Å². The number of nitrogens with one attached hydrogen (secondary N) is 1. The Kier molecular flexibility index (Phi) is 3.87. The van der Waals surface area contributed by atoms with E-state index in [4.69, 9.17) is 4.42 Å². The van der Waals surface area contributed by atoms with E-state index in [2.05, 4.69) is 45.0 Å². The molecule has 2 aromatic heterocycles. The summed E-state index contributed by atoms with van der Waals surface area (Å²) >= 11 is 0. The minimum atomic E-state index is 0.502. The zero-order chi connectivity index (χ0) is 17.6. The van der Waals surface area contributed by atoms with Gasteiger partial charge in [-0.25, -0.2) is 4.98 Å². The van der Waals surface area contributed by atoms with Crippen LogP contribution < -0.4 is 5.32 Å². The molecule has 3 heterocycles. The molecule has 136 valence electrons. The summed E-state index contributed by atoms with van der Waals surface area (Å²) in [7, 11) is 2.08. The number of hydrogen-bond donors (Lipinski definition) is 1. The van der Waals surface area contributed by atoms with Gasteiger partial charge in [-0.1, -0.05) is 18.2 Å². The number of benzene rings is 1. The van der Waals surface area contributed by atoms with E-state index in [1.165, 1.54) is 24.6 Å². The van der Waals surface area contributed by atoms with Gasteiger partial charge in [0.1, 0.15) is 17.2 Å². The number of piperidine rings is 1. The number of rotatable bonds is 5. The van der Waals surface area contributed by atoms with E-state index in [-0.39, 0.29) is 0 Å². The SMILES string of the molecule is Cn1ccnc1CN(Cc1cc2ccccc2o1)[C@H]1CC12CCNCC2. The topological polar surface area (TPSA) is 46.2 Å². The highest BCUT2D eigenvalue weighted by Gasteiger charge is 2.56. The number of hydrogen-bond acceptors (Lipinski definition) is 4. The van der Waals surface area contributed by atoms with Crippen LogP contribution >= 0.6 is 0 Å². The molecule has 5 heteroatoms. The first-order chi connectivity index (χ1) is 12.7. The lowest BCUT2D eigenvalue weighted by atomic mass is 9.93. The third kappa shape index (κ3) is 2.85. The fourth-order valence-electron chi connectivity index (χ4n) is 4.63. The lowest BCUT2D eigenvalue weighted by Crippen LogP contribution is -2.36. The van der Waals surface area contributed by atoms with Gasteiger partial charge in [-0.15, -0.1) is 0 Å². The first-order valence-corrected chi connectivity index (χ1v) is 9.62. The zero-order valence-corrected chi connectivity index (χ0v) is 15.3. The smallest absolute Gasteiger partial charge is 0.134 e. The van der Waals surface area contributed by atoms with Gasteiger partial charge in [0, 0.05) is 30.9 Å². The van der Waals surface area contributed by atoms with Gasteiger partial charge in [0.15, 0.2) is 0 Å². The van der Waals surface area contributed by atoms with E-state index in [1.807, 2.05) is 24.5 Å². The molecule has 1 saturated carbocycles. The molecule has 2 aliphatic rings. The average molecular weight is 350 g/mol. The Balaban J connectivity index is 1.41. The third-order valence-corrected chi connectivity index (χ3v) is 6.29. The van der Waals surface area contributed by atoms with Crippen LogP contribution in [0.2, 0.25) is 0 Å². The summed E-state index contributed by atoms with van der Waals surface area (Å²) in [5.41, 5.74) is 1.48. The largest absolute Gasteiger partial charge is 0.460 e. The molecule has 26 heavy (non-hydrogen) atoms. The van der Waals surface area contributed by atoms with Gasteiger partial charge in [0.25, 0.3) is 0 Å². The summed E-state index contributed by atoms with van der Waals surface area (Å²) in [4.78, 5) is 7.15. The molecular formula is C21H26N4O. The van der Waals surface area contributed by atoms with Crippen LogP contribution in [-0.2, 0) is 20.1 Å². The third-order valence-electron chi connectivity index (χ3n) is 6.29. The van der Waals surface area contributed by atoms with Gasteiger partial charge in [-0.3, -0.25) is 4.90 Å². The molecule has 1 atom stereocenters. The average Bonchev–Trinajstić information content (AvgIpc) is 2.99. The van der Waals surface area contributed by atoms with Crippen molar-refractivity contribution >= 4 is 11.0 Å². The Morgan fingerprint density at radius 1 is 1.27 bits per heavy atom. The Morgan fingerprint density at radius 2 is 2.12 bits per heavy atom. The molecule has 5 rings (SSSR count). The van der Waals surface area contributed by atoms with Crippen molar-refractivity contribution in [1.82, 2.24) is 19.8 Å². The molecule has 1 spiro atoms. The van der Waals surface area contributed by atoms with Crippen LogP contribution in [0.1, 0.15) is 30.8 Å². The molecule has 0 amide bonds. The van der Waals surface area contributed by atoms with Crippen molar-refractivity contribution in [2.75, 3.05) is 13.1 Å². The molecule has 5 nitrogen and oxygen atoms in total. The van der Waals surface area contributed by atoms with E-state index in [1.54, 1.807) is 0 Å². The van der Waals surface area contributed by atoms with E-state index in [0.717, 1.165) is 43.3 Å². The predicted molar refractivity (Wildman–Crippen MR) is 102 cm³/mol. The molecule has 0 bridgehead atoms. The minimum Gasteiger partial charge on any atom is -0.460 e. The summed E-state index contributed by atoms with van der Waals surface area (Å²) in [5, 5.41) is 4.70. The first kappa shape index (κ1) is 16.1. The van der Waals surface area contributed by atoms with Crippen LogP contribution in [0.4, 0.5) is 0 Å². The minimum absolute atomic E-state index is 0.502. The van der Waals surface area contributed by atoms with Gasteiger partial charge in [-0.05, 0) is 49.9 Å². The molecule has 1 aromatic carbocycles. The summed E-state index contributed by atoms with van der Waals surface area (Å²) in [6.45, 7) is 4.02. The molecule has 1 aliphatic carbocycles. The van der Waals surface area contributed by atoms with E-state index < -0.39 is 0 Å². The maximum Gasteiger partial charge on any atom is 0.134 e. The normalized spacial score (nSPS) is 21.7. The lowest BCUT2D eigenvalue weighted by Gasteiger charge is -2.29. The Hall–Kier alpha value is -2.11. The first-order valence-electron chi connectivity index (χ1n) is 9.62. The number of para-hydroxylation sites is 1. The van der Waals surface area contributed by atoms with Crippen LogP contribution in [0.3, 0.4) is 0 Å². The second-order valence-electron chi connectivity index (χ2n) is 7.94. The monoisotopic (exact) mass is 350 g/mol. The Labute approximate surface area is 154 Å².